The molecule has 1 amide bonds. The summed E-state index contributed by atoms with van der Waals surface area (Å²) in [5.41, 5.74) is -0.832. The Hall–Kier alpha value is -1.67. The standard InChI is InChI=1S/C21H31NO5S2/c1-20(2,3)26-17(23)13-9-11-15(19(25)27-21(4,5)6)22-18(24)14-10-7-8-12-16(14)29-28/h7-8,10,12,15,28H,9,11,13H2,1-6H3,(H,22,24). The second kappa shape index (κ2) is 10.9. The maximum atomic E-state index is 12.7. The number of nitrogens with one attached hydrogen (secondary N) is 1. The number of esters is 2. The number of hydrogen-bond acceptors (Lipinski definition) is 7. The van der Waals surface area contributed by atoms with Crippen LogP contribution in [-0.2, 0) is 19.1 Å². The zero-order valence-corrected chi connectivity index (χ0v) is 19.6. The van der Waals surface area contributed by atoms with Crippen LogP contribution in [0.25, 0.3) is 0 Å². The van der Waals surface area contributed by atoms with Gasteiger partial charge in [0.05, 0.1) is 5.56 Å². The number of thiol groups is 1. The highest BCUT2D eigenvalue weighted by molar-refractivity contribution is 8.68. The van der Waals surface area contributed by atoms with Crippen LogP contribution >= 0.6 is 22.5 Å². The highest BCUT2D eigenvalue weighted by Gasteiger charge is 2.28. The molecule has 1 unspecified atom stereocenters. The number of benzene rings is 1. The van der Waals surface area contributed by atoms with Gasteiger partial charge in [-0.05, 0) is 66.5 Å². The van der Waals surface area contributed by atoms with Crippen LogP contribution in [0.5, 0.6) is 0 Å². The molecule has 1 N–H and O–H groups in total. The first-order chi connectivity index (χ1) is 13.3. The maximum Gasteiger partial charge on any atom is 0.329 e. The van der Waals surface area contributed by atoms with E-state index in [9.17, 15) is 14.4 Å². The zero-order chi connectivity index (χ0) is 22.2. The van der Waals surface area contributed by atoms with E-state index in [0.29, 0.717) is 16.9 Å². The summed E-state index contributed by atoms with van der Waals surface area (Å²) in [7, 11) is 1.15. The van der Waals surface area contributed by atoms with E-state index in [-0.39, 0.29) is 18.8 Å². The molecule has 0 spiro atoms. The van der Waals surface area contributed by atoms with Crippen LogP contribution in [-0.4, -0.2) is 35.1 Å². The van der Waals surface area contributed by atoms with E-state index < -0.39 is 29.1 Å². The van der Waals surface area contributed by atoms with Gasteiger partial charge in [-0.15, -0.1) is 11.7 Å². The SMILES string of the molecule is CC(C)(C)OC(=O)CCCC(NC(=O)c1ccccc1SS)C(=O)OC(C)(C)C. The van der Waals surface area contributed by atoms with Gasteiger partial charge in [-0.3, -0.25) is 9.59 Å². The highest BCUT2D eigenvalue weighted by Crippen LogP contribution is 2.25. The minimum atomic E-state index is -0.873. The fraction of sp³-hybridized carbons (Fsp3) is 0.571. The predicted octanol–water partition coefficient (Wildman–Crippen LogP) is 4.58. The van der Waals surface area contributed by atoms with Crippen LogP contribution < -0.4 is 5.32 Å². The maximum absolute atomic E-state index is 12.7. The average Bonchev–Trinajstić information content (AvgIpc) is 2.57. The Morgan fingerprint density at radius 2 is 1.62 bits per heavy atom. The molecule has 1 rings (SSSR count). The van der Waals surface area contributed by atoms with Gasteiger partial charge in [-0.25, -0.2) is 4.79 Å². The van der Waals surface area contributed by atoms with Gasteiger partial charge in [0.1, 0.15) is 17.2 Å². The number of hydrogen-bond donors (Lipinski definition) is 2. The Morgan fingerprint density at radius 1 is 1.03 bits per heavy atom. The molecule has 162 valence electrons. The van der Waals surface area contributed by atoms with E-state index in [0.717, 1.165) is 10.8 Å². The Morgan fingerprint density at radius 3 is 2.17 bits per heavy atom. The fourth-order valence-corrected chi connectivity index (χ4v) is 3.31. The van der Waals surface area contributed by atoms with Gasteiger partial charge in [0.25, 0.3) is 5.91 Å². The average molecular weight is 442 g/mol. The van der Waals surface area contributed by atoms with Gasteiger partial charge in [0.15, 0.2) is 0 Å². The first kappa shape index (κ1) is 25.4. The molecular weight excluding hydrogens is 410 g/mol. The fourth-order valence-electron chi connectivity index (χ4n) is 2.43. The molecule has 0 radical (unpaired) electrons. The first-order valence-electron chi connectivity index (χ1n) is 9.48. The normalized spacial score (nSPS) is 12.8. The van der Waals surface area contributed by atoms with Gasteiger partial charge >= 0.3 is 11.9 Å². The molecule has 0 aliphatic rings. The topological polar surface area (TPSA) is 81.7 Å². The summed E-state index contributed by atoms with van der Waals surface area (Å²) < 4.78 is 10.7. The predicted molar refractivity (Wildman–Crippen MR) is 118 cm³/mol. The van der Waals surface area contributed by atoms with E-state index in [1.165, 1.54) is 0 Å². The molecule has 8 heteroatoms. The van der Waals surface area contributed by atoms with Crippen LogP contribution in [0.4, 0.5) is 0 Å². The summed E-state index contributed by atoms with van der Waals surface area (Å²) in [6, 6.07) is 6.12. The Bertz CT molecular complexity index is 723. The van der Waals surface area contributed by atoms with E-state index in [2.05, 4.69) is 17.0 Å². The summed E-state index contributed by atoms with van der Waals surface area (Å²) in [5, 5.41) is 2.74. The smallest absolute Gasteiger partial charge is 0.329 e. The van der Waals surface area contributed by atoms with E-state index in [4.69, 9.17) is 9.47 Å². The molecule has 1 aromatic carbocycles. The lowest BCUT2D eigenvalue weighted by Crippen LogP contribution is -2.44. The summed E-state index contributed by atoms with van der Waals surface area (Å²) >= 11 is 4.17. The number of carbonyl (C=O) groups excluding carboxylic acids is 3. The van der Waals surface area contributed by atoms with Crippen molar-refractivity contribution in [1.82, 2.24) is 5.32 Å². The molecule has 0 fully saturated rings. The van der Waals surface area contributed by atoms with Gasteiger partial charge in [0, 0.05) is 11.3 Å². The molecule has 0 bridgehead atoms. The van der Waals surface area contributed by atoms with E-state index >= 15 is 0 Å². The van der Waals surface area contributed by atoms with E-state index in [1.54, 1.807) is 59.7 Å². The second-order valence-electron chi connectivity index (χ2n) is 8.63. The lowest BCUT2D eigenvalue weighted by Gasteiger charge is -2.25. The third-order valence-electron chi connectivity index (χ3n) is 3.52. The van der Waals surface area contributed by atoms with Crippen LogP contribution in [0, 0.1) is 0 Å². The van der Waals surface area contributed by atoms with Gasteiger partial charge in [0.2, 0.25) is 0 Å². The second-order valence-corrected chi connectivity index (χ2v) is 9.80. The van der Waals surface area contributed by atoms with Crippen molar-refractivity contribution in [1.29, 1.82) is 0 Å². The third kappa shape index (κ3) is 10.1. The van der Waals surface area contributed by atoms with Crippen LogP contribution in [0.2, 0.25) is 0 Å². The molecule has 0 aliphatic carbocycles. The molecule has 0 aliphatic heterocycles. The Balaban J connectivity index is 2.84. The molecule has 0 saturated carbocycles. The number of carbonyl (C=O) groups is 3. The van der Waals surface area contributed by atoms with Crippen molar-refractivity contribution in [3.63, 3.8) is 0 Å². The van der Waals surface area contributed by atoms with E-state index in [1.807, 2.05) is 6.07 Å². The summed E-state index contributed by atoms with van der Waals surface area (Å²) in [5.74, 6) is -1.27. The van der Waals surface area contributed by atoms with Crippen molar-refractivity contribution in [2.45, 2.75) is 82.9 Å². The number of ether oxygens (including phenoxy) is 2. The van der Waals surface area contributed by atoms with Gasteiger partial charge in [-0.1, -0.05) is 22.9 Å². The molecular formula is C21H31NO5S2. The van der Waals surface area contributed by atoms with Crippen molar-refractivity contribution in [3.8, 4) is 0 Å². The Kier molecular flexibility index (Phi) is 9.55. The monoisotopic (exact) mass is 441 g/mol. The molecule has 29 heavy (non-hydrogen) atoms. The minimum absolute atomic E-state index is 0.148. The highest BCUT2D eigenvalue weighted by atomic mass is 33.1. The van der Waals surface area contributed by atoms with Crippen molar-refractivity contribution >= 4 is 40.3 Å². The van der Waals surface area contributed by atoms with Crippen LogP contribution in [0.3, 0.4) is 0 Å². The molecule has 1 aromatic rings. The van der Waals surface area contributed by atoms with Crippen molar-refractivity contribution < 1.29 is 23.9 Å². The number of rotatable bonds is 8. The van der Waals surface area contributed by atoms with Gasteiger partial charge < -0.3 is 14.8 Å². The quantitative estimate of drug-likeness (QED) is 0.349. The molecule has 1 atom stereocenters. The molecule has 0 aromatic heterocycles. The van der Waals surface area contributed by atoms with Crippen LogP contribution in [0.15, 0.2) is 29.2 Å². The molecule has 0 saturated heterocycles. The first-order valence-corrected chi connectivity index (χ1v) is 11.4. The Labute approximate surface area is 182 Å². The summed E-state index contributed by atoms with van der Waals surface area (Å²) in [6.07, 6.45) is 0.785. The van der Waals surface area contributed by atoms with Crippen molar-refractivity contribution in [2.75, 3.05) is 0 Å². The number of amides is 1. The molecule has 6 nitrogen and oxygen atoms in total. The van der Waals surface area contributed by atoms with Gasteiger partial charge in [-0.2, -0.15) is 0 Å². The third-order valence-corrected chi connectivity index (χ3v) is 4.66. The largest absolute Gasteiger partial charge is 0.460 e. The van der Waals surface area contributed by atoms with Crippen molar-refractivity contribution in [2.24, 2.45) is 0 Å². The lowest BCUT2D eigenvalue weighted by atomic mass is 10.1. The van der Waals surface area contributed by atoms with Crippen molar-refractivity contribution in [3.05, 3.63) is 29.8 Å². The lowest BCUT2D eigenvalue weighted by molar-refractivity contribution is -0.159. The zero-order valence-electron chi connectivity index (χ0n) is 17.9. The summed E-state index contributed by atoms with van der Waals surface area (Å²) in [4.78, 5) is 38.0. The minimum Gasteiger partial charge on any atom is -0.460 e. The summed E-state index contributed by atoms with van der Waals surface area (Å²) in [6.45, 7) is 10.7. The molecule has 0 heterocycles. The van der Waals surface area contributed by atoms with Crippen LogP contribution in [0.1, 0.15) is 71.2 Å².